The van der Waals surface area contributed by atoms with Crippen LogP contribution in [-0.2, 0) is 12.1 Å². The summed E-state index contributed by atoms with van der Waals surface area (Å²) < 4.78 is 0. The van der Waals surface area contributed by atoms with Gasteiger partial charge in [0, 0.05) is 68.0 Å². The Kier molecular flexibility index (Phi) is 8.49. The maximum Gasteiger partial charge on any atom is 0.0705 e. The van der Waals surface area contributed by atoms with Gasteiger partial charge in [-0.2, -0.15) is 0 Å². The average Bonchev–Trinajstić information content (AvgIpc) is 2.92. The van der Waals surface area contributed by atoms with Crippen molar-refractivity contribution in [2.75, 3.05) is 40.3 Å². The van der Waals surface area contributed by atoms with Crippen LogP contribution in [0.3, 0.4) is 0 Å². The number of benzene rings is 2. The van der Waals surface area contributed by atoms with Crippen molar-refractivity contribution in [2.45, 2.75) is 76.7 Å². The summed E-state index contributed by atoms with van der Waals surface area (Å²) in [6, 6.07) is 21.9. The maximum absolute atomic E-state index is 4.99. The Morgan fingerprint density at radius 1 is 1.00 bits per heavy atom. The van der Waals surface area contributed by atoms with Crippen LogP contribution < -0.4 is 5.32 Å². The fourth-order valence-corrected chi connectivity index (χ4v) is 7.00. The van der Waals surface area contributed by atoms with Crippen LogP contribution in [0.4, 0.5) is 0 Å². The highest BCUT2D eigenvalue weighted by molar-refractivity contribution is 5.79. The van der Waals surface area contributed by atoms with E-state index in [4.69, 9.17) is 4.98 Å². The summed E-state index contributed by atoms with van der Waals surface area (Å²) in [6.45, 7) is 12.3. The number of nitrogens with one attached hydrogen (secondary N) is 1. The van der Waals surface area contributed by atoms with Crippen molar-refractivity contribution in [3.63, 3.8) is 0 Å². The van der Waals surface area contributed by atoms with Crippen LogP contribution in [0.2, 0.25) is 0 Å². The quantitative estimate of drug-likeness (QED) is 0.411. The summed E-state index contributed by atoms with van der Waals surface area (Å²) in [5, 5.41) is 4.94. The molecular weight excluding hydrogens is 466 g/mol. The van der Waals surface area contributed by atoms with E-state index in [-0.39, 0.29) is 5.54 Å². The number of rotatable bonds is 8. The van der Waals surface area contributed by atoms with Crippen molar-refractivity contribution in [1.82, 2.24) is 25.0 Å². The Morgan fingerprint density at radius 3 is 2.37 bits per heavy atom. The van der Waals surface area contributed by atoms with Gasteiger partial charge >= 0.3 is 0 Å². The highest BCUT2D eigenvalue weighted by Gasteiger charge is 2.38. The molecule has 2 aliphatic rings. The van der Waals surface area contributed by atoms with E-state index in [2.05, 4.69) is 116 Å². The predicted molar refractivity (Wildman–Crippen MR) is 159 cm³/mol. The highest BCUT2D eigenvalue weighted by atomic mass is 15.2. The molecule has 0 radical (unpaired) electrons. The van der Waals surface area contributed by atoms with E-state index in [1.165, 1.54) is 34.9 Å². The predicted octanol–water partition coefficient (Wildman–Crippen LogP) is 5.81. The molecule has 2 fully saturated rings. The second-order valence-electron chi connectivity index (χ2n) is 12.1. The topological polar surface area (TPSA) is 34.6 Å². The molecular formula is C33H47N5. The molecule has 2 aliphatic heterocycles. The van der Waals surface area contributed by atoms with Gasteiger partial charge in [-0.15, -0.1) is 0 Å². The fourth-order valence-electron chi connectivity index (χ4n) is 7.00. The number of pyridine rings is 1. The Morgan fingerprint density at radius 2 is 1.71 bits per heavy atom. The molecule has 1 aromatic heterocycles. The molecule has 1 N–H and O–H groups in total. The first kappa shape index (κ1) is 27.3. The molecule has 5 rings (SSSR count). The molecule has 2 aromatic carbocycles. The summed E-state index contributed by atoms with van der Waals surface area (Å²) in [5.41, 5.74) is 5.43. The Bertz CT molecular complexity index is 1170. The molecule has 0 bridgehead atoms. The van der Waals surface area contributed by atoms with E-state index in [1.807, 2.05) is 0 Å². The van der Waals surface area contributed by atoms with Crippen molar-refractivity contribution < 1.29 is 0 Å². The van der Waals surface area contributed by atoms with Crippen molar-refractivity contribution >= 4 is 10.9 Å². The van der Waals surface area contributed by atoms with Crippen molar-refractivity contribution in [3.05, 3.63) is 77.5 Å². The van der Waals surface area contributed by atoms with Crippen LogP contribution in [0.15, 0.2) is 60.8 Å². The first-order valence-electron chi connectivity index (χ1n) is 14.7. The molecule has 0 saturated carbocycles. The Labute approximate surface area is 230 Å². The monoisotopic (exact) mass is 513 g/mol. The number of piperazine rings is 1. The molecule has 204 valence electrons. The Hall–Kier alpha value is -2.31. The molecule has 38 heavy (non-hydrogen) atoms. The van der Waals surface area contributed by atoms with Crippen LogP contribution in [-0.4, -0.2) is 72.0 Å². The summed E-state index contributed by atoms with van der Waals surface area (Å²) >= 11 is 0. The average molecular weight is 514 g/mol. The summed E-state index contributed by atoms with van der Waals surface area (Å²) in [5.74, 6) is 0. The number of hydrogen-bond acceptors (Lipinski definition) is 5. The summed E-state index contributed by atoms with van der Waals surface area (Å²) in [6.07, 6.45) is 6.82. The van der Waals surface area contributed by atoms with Crippen molar-refractivity contribution in [2.24, 2.45) is 0 Å². The van der Waals surface area contributed by atoms with Gasteiger partial charge < -0.3 is 5.32 Å². The van der Waals surface area contributed by atoms with E-state index in [1.54, 1.807) is 0 Å². The molecule has 0 spiro atoms. The van der Waals surface area contributed by atoms with Crippen LogP contribution in [0.25, 0.3) is 10.9 Å². The van der Waals surface area contributed by atoms with E-state index in [9.17, 15) is 0 Å². The molecule has 3 heterocycles. The highest BCUT2D eigenvalue weighted by Crippen LogP contribution is 2.38. The van der Waals surface area contributed by atoms with Crippen LogP contribution in [0.5, 0.6) is 0 Å². The fraction of sp³-hybridized carbons (Fsp3) is 0.545. The lowest BCUT2D eigenvalue weighted by Gasteiger charge is -2.46. The summed E-state index contributed by atoms with van der Waals surface area (Å²) in [4.78, 5) is 12.7. The number of nitrogens with zero attached hydrogens (tertiary/aromatic N) is 4. The molecule has 3 atom stereocenters. The zero-order valence-electron chi connectivity index (χ0n) is 24.2. The lowest BCUT2D eigenvalue weighted by molar-refractivity contribution is 0.0507. The minimum Gasteiger partial charge on any atom is -0.309 e. The van der Waals surface area contributed by atoms with E-state index < -0.39 is 0 Å². The molecule has 0 amide bonds. The van der Waals surface area contributed by atoms with Gasteiger partial charge in [0.2, 0.25) is 0 Å². The molecule has 5 nitrogen and oxygen atoms in total. The van der Waals surface area contributed by atoms with Gasteiger partial charge in [-0.3, -0.25) is 19.7 Å². The zero-order chi connectivity index (χ0) is 26.7. The lowest BCUT2D eigenvalue weighted by atomic mass is 9.79. The zero-order valence-corrected chi connectivity index (χ0v) is 24.2. The number of hydrogen-bond donors (Lipinski definition) is 1. The first-order chi connectivity index (χ1) is 18.4. The second-order valence-corrected chi connectivity index (χ2v) is 12.1. The SMILES string of the molecule is CCCC(c1cnc2cc(CN3CCC(c4ccccc4)(N(C)C)CC3)ccc2c1)N1CC(C)NC(C)C1. The van der Waals surface area contributed by atoms with Crippen molar-refractivity contribution in [3.8, 4) is 0 Å². The first-order valence-corrected chi connectivity index (χ1v) is 14.7. The minimum absolute atomic E-state index is 0.133. The molecule has 2 saturated heterocycles. The van der Waals surface area contributed by atoms with Gasteiger partial charge in [0.05, 0.1) is 5.52 Å². The maximum atomic E-state index is 4.99. The van der Waals surface area contributed by atoms with Gasteiger partial charge in [-0.05, 0) is 76.0 Å². The van der Waals surface area contributed by atoms with Gasteiger partial charge in [-0.1, -0.05) is 55.8 Å². The van der Waals surface area contributed by atoms with Gasteiger partial charge in [0.25, 0.3) is 0 Å². The number of piperidine rings is 1. The third-order valence-corrected chi connectivity index (χ3v) is 9.00. The van der Waals surface area contributed by atoms with Crippen LogP contribution in [0.1, 0.15) is 69.2 Å². The Balaban J connectivity index is 1.28. The smallest absolute Gasteiger partial charge is 0.0705 e. The van der Waals surface area contributed by atoms with Crippen LogP contribution in [0, 0.1) is 0 Å². The largest absolute Gasteiger partial charge is 0.309 e. The summed E-state index contributed by atoms with van der Waals surface area (Å²) in [7, 11) is 4.47. The van der Waals surface area contributed by atoms with E-state index in [0.29, 0.717) is 18.1 Å². The van der Waals surface area contributed by atoms with Gasteiger partial charge in [0.1, 0.15) is 0 Å². The third-order valence-electron chi connectivity index (χ3n) is 9.00. The van der Waals surface area contributed by atoms with Crippen molar-refractivity contribution in [1.29, 1.82) is 0 Å². The normalized spacial score (nSPS) is 23.6. The minimum atomic E-state index is 0.133. The van der Waals surface area contributed by atoms with E-state index in [0.717, 1.165) is 51.1 Å². The molecule has 5 heteroatoms. The standard InChI is InChI=1S/C33H47N5/c1-6-10-32(38-22-25(2)35-26(3)23-38)29-20-28-14-13-27(19-31(28)34-21-29)24-37-17-15-33(16-18-37,36(4)5)30-11-8-7-9-12-30/h7-9,11-14,19-21,25-26,32,35H,6,10,15-18,22-24H2,1-5H3. The number of likely N-dealkylation sites (tertiary alicyclic amines) is 1. The molecule has 3 unspecified atom stereocenters. The number of fused-ring (bicyclic) bond motifs is 1. The van der Waals surface area contributed by atoms with Gasteiger partial charge in [-0.25, -0.2) is 0 Å². The number of aromatic nitrogens is 1. The molecule has 0 aliphatic carbocycles. The van der Waals surface area contributed by atoms with E-state index >= 15 is 0 Å². The van der Waals surface area contributed by atoms with Crippen LogP contribution >= 0.6 is 0 Å². The lowest BCUT2D eigenvalue weighted by Crippen LogP contribution is -2.55. The third kappa shape index (κ3) is 5.81. The second kappa shape index (κ2) is 11.8. The molecule has 3 aromatic rings. The van der Waals surface area contributed by atoms with Gasteiger partial charge in [0.15, 0.2) is 0 Å².